The fraction of sp³-hybridized carbons (Fsp3) is 0.833. The molecule has 0 spiro atoms. The molecule has 0 saturated heterocycles. The predicted molar refractivity (Wildman–Crippen MR) is 69.7 cm³/mol. The number of nitrogens with zero attached hydrogens (tertiary/aromatic N) is 4. The molecule has 17 heavy (non-hydrogen) atoms. The summed E-state index contributed by atoms with van der Waals surface area (Å²) in [7, 11) is 4.15. The highest BCUT2D eigenvalue weighted by molar-refractivity contribution is 4.82. The second-order valence-corrected chi connectivity index (χ2v) is 4.82. The van der Waals surface area contributed by atoms with Gasteiger partial charge in [0.1, 0.15) is 12.2 Å². The lowest BCUT2D eigenvalue weighted by Gasteiger charge is -2.20. The highest BCUT2D eigenvalue weighted by Gasteiger charge is 2.02. The van der Waals surface area contributed by atoms with Crippen LogP contribution in [0.2, 0.25) is 0 Å². The average molecular weight is 239 g/mol. The molecule has 1 aromatic heterocycles. The normalized spacial score (nSPS) is 11.6. The Labute approximate surface area is 104 Å². The van der Waals surface area contributed by atoms with Crippen LogP contribution >= 0.6 is 0 Å². The Morgan fingerprint density at radius 2 is 2.18 bits per heavy atom. The molecule has 0 aliphatic heterocycles. The molecule has 98 valence electrons. The van der Waals surface area contributed by atoms with E-state index in [4.69, 9.17) is 0 Å². The molecule has 0 unspecified atom stereocenters. The molecular weight excluding hydrogens is 214 g/mol. The summed E-state index contributed by atoms with van der Waals surface area (Å²) in [5.74, 6) is 0.990. The van der Waals surface area contributed by atoms with Crippen molar-refractivity contribution in [2.45, 2.75) is 39.3 Å². The second kappa shape index (κ2) is 7.40. The van der Waals surface area contributed by atoms with Gasteiger partial charge in [0, 0.05) is 13.1 Å². The van der Waals surface area contributed by atoms with Gasteiger partial charge in [0.05, 0.1) is 6.54 Å². The van der Waals surface area contributed by atoms with Crippen LogP contribution in [0.3, 0.4) is 0 Å². The van der Waals surface area contributed by atoms with E-state index >= 15 is 0 Å². The Morgan fingerprint density at radius 1 is 1.41 bits per heavy atom. The Balaban J connectivity index is 2.00. The maximum absolute atomic E-state index is 4.03. The largest absolute Gasteiger partial charge is 0.320 e. The zero-order chi connectivity index (χ0) is 12.7. The van der Waals surface area contributed by atoms with Gasteiger partial charge in [0.15, 0.2) is 0 Å². The van der Waals surface area contributed by atoms with E-state index in [0.717, 1.165) is 18.9 Å². The van der Waals surface area contributed by atoms with Crippen molar-refractivity contribution >= 4 is 0 Å². The lowest BCUT2D eigenvalue weighted by atomic mass is 10.2. The summed E-state index contributed by atoms with van der Waals surface area (Å²) in [5.41, 5.74) is 0. The number of hydrogen-bond acceptors (Lipinski definition) is 4. The standard InChI is InChI=1S/C12H25N5/c1-11(2)16(3)8-6-5-7-13-9-12-15-14-10-17(12)4/h10-11,13H,5-9H2,1-4H3. The van der Waals surface area contributed by atoms with Crippen molar-refractivity contribution in [1.82, 2.24) is 25.0 Å². The maximum Gasteiger partial charge on any atom is 0.146 e. The summed E-state index contributed by atoms with van der Waals surface area (Å²) >= 11 is 0. The molecule has 0 fully saturated rings. The van der Waals surface area contributed by atoms with Crippen LogP contribution < -0.4 is 5.32 Å². The Hall–Kier alpha value is -0.940. The minimum Gasteiger partial charge on any atom is -0.320 e. The van der Waals surface area contributed by atoms with Crippen molar-refractivity contribution in [1.29, 1.82) is 0 Å². The van der Waals surface area contributed by atoms with Crippen molar-refractivity contribution in [3.8, 4) is 0 Å². The van der Waals surface area contributed by atoms with E-state index < -0.39 is 0 Å². The number of hydrogen-bond donors (Lipinski definition) is 1. The number of aromatic nitrogens is 3. The highest BCUT2D eigenvalue weighted by Crippen LogP contribution is 1.97. The summed E-state index contributed by atoms with van der Waals surface area (Å²) in [5, 5.41) is 11.3. The first kappa shape index (κ1) is 14.1. The fourth-order valence-corrected chi connectivity index (χ4v) is 1.54. The van der Waals surface area contributed by atoms with E-state index in [1.165, 1.54) is 19.4 Å². The van der Waals surface area contributed by atoms with Gasteiger partial charge in [-0.1, -0.05) is 0 Å². The molecule has 0 aliphatic rings. The molecule has 0 saturated carbocycles. The van der Waals surface area contributed by atoms with E-state index in [2.05, 4.69) is 41.3 Å². The van der Waals surface area contributed by atoms with Crippen LogP contribution in [0.4, 0.5) is 0 Å². The fourth-order valence-electron chi connectivity index (χ4n) is 1.54. The quantitative estimate of drug-likeness (QED) is 0.688. The summed E-state index contributed by atoms with van der Waals surface area (Å²) in [4.78, 5) is 2.38. The third-order valence-corrected chi connectivity index (χ3v) is 3.08. The molecule has 1 heterocycles. The van der Waals surface area contributed by atoms with Crippen molar-refractivity contribution in [3.05, 3.63) is 12.2 Å². The molecule has 1 aromatic rings. The first-order chi connectivity index (χ1) is 8.11. The highest BCUT2D eigenvalue weighted by atomic mass is 15.3. The van der Waals surface area contributed by atoms with Crippen molar-refractivity contribution in [2.75, 3.05) is 20.1 Å². The van der Waals surface area contributed by atoms with Gasteiger partial charge in [0.25, 0.3) is 0 Å². The molecule has 5 nitrogen and oxygen atoms in total. The molecule has 0 amide bonds. The van der Waals surface area contributed by atoms with E-state index in [9.17, 15) is 0 Å². The summed E-state index contributed by atoms with van der Waals surface area (Å²) in [6, 6.07) is 0.640. The summed E-state index contributed by atoms with van der Waals surface area (Å²) in [6.45, 7) is 7.47. The second-order valence-electron chi connectivity index (χ2n) is 4.82. The average Bonchev–Trinajstić information content (AvgIpc) is 2.68. The van der Waals surface area contributed by atoms with Gasteiger partial charge < -0.3 is 14.8 Å². The van der Waals surface area contributed by atoms with E-state index in [-0.39, 0.29) is 0 Å². The molecule has 0 aliphatic carbocycles. The lowest BCUT2D eigenvalue weighted by Crippen LogP contribution is -2.28. The molecule has 5 heteroatoms. The smallest absolute Gasteiger partial charge is 0.146 e. The molecular formula is C12H25N5. The minimum absolute atomic E-state index is 0.640. The third-order valence-electron chi connectivity index (χ3n) is 3.08. The number of rotatable bonds is 8. The van der Waals surface area contributed by atoms with Crippen LogP contribution in [0.1, 0.15) is 32.5 Å². The summed E-state index contributed by atoms with van der Waals surface area (Å²) < 4.78 is 1.94. The number of unbranched alkanes of at least 4 members (excludes halogenated alkanes) is 1. The van der Waals surface area contributed by atoms with Crippen LogP contribution in [0.25, 0.3) is 0 Å². The van der Waals surface area contributed by atoms with Gasteiger partial charge in [-0.05, 0) is 46.8 Å². The maximum atomic E-state index is 4.03. The van der Waals surface area contributed by atoms with Gasteiger partial charge in [-0.2, -0.15) is 0 Å². The van der Waals surface area contributed by atoms with Crippen LogP contribution in [0.5, 0.6) is 0 Å². The predicted octanol–water partition coefficient (Wildman–Crippen LogP) is 1.03. The van der Waals surface area contributed by atoms with Crippen molar-refractivity contribution in [3.63, 3.8) is 0 Å². The Kier molecular flexibility index (Phi) is 6.15. The first-order valence-corrected chi connectivity index (χ1v) is 6.35. The van der Waals surface area contributed by atoms with E-state index in [0.29, 0.717) is 6.04 Å². The van der Waals surface area contributed by atoms with Gasteiger partial charge in [-0.3, -0.25) is 0 Å². The molecule has 0 radical (unpaired) electrons. The Morgan fingerprint density at radius 3 is 2.76 bits per heavy atom. The SMILES string of the molecule is CC(C)N(C)CCCCNCc1nncn1C. The van der Waals surface area contributed by atoms with Gasteiger partial charge in [-0.25, -0.2) is 0 Å². The van der Waals surface area contributed by atoms with Gasteiger partial charge >= 0.3 is 0 Å². The molecule has 1 rings (SSSR count). The first-order valence-electron chi connectivity index (χ1n) is 6.35. The van der Waals surface area contributed by atoms with Crippen molar-refractivity contribution in [2.24, 2.45) is 7.05 Å². The van der Waals surface area contributed by atoms with Gasteiger partial charge in [0.2, 0.25) is 0 Å². The summed E-state index contributed by atoms with van der Waals surface area (Å²) in [6.07, 6.45) is 4.17. The van der Waals surface area contributed by atoms with Crippen molar-refractivity contribution < 1.29 is 0 Å². The molecule has 1 N–H and O–H groups in total. The Bertz CT molecular complexity index is 308. The van der Waals surface area contributed by atoms with Crippen LogP contribution in [-0.2, 0) is 13.6 Å². The van der Waals surface area contributed by atoms with E-state index in [1.807, 2.05) is 11.6 Å². The monoisotopic (exact) mass is 239 g/mol. The molecule has 0 atom stereocenters. The topological polar surface area (TPSA) is 46.0 Å². The molecule has 0 aromatic carbocycles. The molecule has 0 bridgehead atoms. The number of aryl methyl sites for hydroxylation is 1. The zero-order valence-electron chi connectivity index (χ0n) is 11.5. The third kappa shape index (κ3) is 5.28. The lowest BCUT2D eigenvalue weighted by molar-refractivity contribution is 0.268. The van der Waals surface area contributed by atoms with Crippen LogP contribution in [-0.4, -0.2) is 45.8 Å². The zero-order valence-corrected chi connectivity index (χ0v) is 11.5. The van der Waals surface area contributed by atoms with Crippen LogP contribution in [0.15, 0.2) is 6.33 Å². The minimum atomic E-state index is 0.640. The van der Waals surface area contributed by atoms with Gasteiger partial charge in [-0.15, -0.1) is 10.2 Å². The van der Waals surface area contributed by atoms with E-state index in [1.54, 1.807) is 6.33 Å². The van der Waals surface area contributed by atoms with Crippen LogP contribution in [0, 0.1) is 0 Å². The number of nitrogens with one attached hydrogen (secondary N) is 1.